The number of hydrogen-bond acceptors (Lipinski definition) is 6. The fourth-order valence-corrected chi connectivity index (χ4v) is 4.25. The Kier molecular flexibility index (Phi) is 3.87. The van der Waals surface area contributed by atoms with E-state index in [1.54, 1.807) is 0 Å². The van der Waals surface area contributed by atoms with Gasteiger partial charge < -0.3 is 4.90 Å². The maximum absolute atomic E-state index is 11.4. The van der Waals surface area contributed by atoms with Crippen LogP contribution >= 0.6 is 23.1 Å². The van der Waals surface area contributed by atoms with Crippen LogP contribution in [0.3, 0.4) is 0 Å². The highest BCUT2D eigenvalue weighted by Crippen LogP contribution is 2.41. The summed E-state index contributed by atoms with van der Waals surface area (Å²) in [5, 5.41) is 11.7. The van der Waals surface area contributed by atoms with Crippen molar-refractivity contribution in [3.05, 3.63) is 21.1 Å². The predicted octanol–water partition coefficient (Wildman–Crippen LogP) is 3.19. The van der Waals surface area contributed by atoms with Crippen molar-refractivity contribution in [2.24, 2.45) is 0 Å². The van der Waals surface area contributed by atoms with E-state index in [2.05, 4.69) is 13.8 Å². The zero-order valence-electron chi connectivity index (χ0n) is 11.1. The number of hydrogen-bond donors (Lipinski definition) is 0. The topological polar surface area (TPSA) is 63.4 Å². The molecule has 0 aromatic carbocycles. The van der Waals surface area contributed by atoms with Crippen LogP contribution in [0.4, 0.5) is 10.7 Å². The number of ketones is 1. The van der Waals surface area contributed by atoms with Gasteiger partial charge in [0, 0.05) is 29.7 Å². The molecule has 1 aliphatic heterocycles. The molecule has 2 heterocycles. The second-order valence-corrected chi connectivity index (χ2v) is 7.98. The number of anilines is 1. The lowest BCUT2D eigenvalue weighted by molar-refractivity contribution is -0.383. The Morgan fingerprint density at radius 2 is 2.21 bits per heavy atom. The van der Waals surface area contributed by atoms with Gasteiger partial charge in [0.2, 0.25) is 0 Å². The molecule has 0 N–H and O–H groups in total. The van der Waals surface area contributed by atoms with Crippen LogP contribution in [0.1, 0.15) is 30.4 Å². The van der Waals surface area contributed by atoms with Gasteiger partial charge in [0.05, 0.1) is 9.80 Å². The third-order valence-electron chi connectivity index (χ3n) is 2.95. The van der Waals surface area contributed by atoms with Crippen LogP contribution < -0.4 is 4.90 Å². The summed E-state index contributed by atoms with van der Waals surface area (Å²) in [6.07, 6.45) is 0. The van der Waals surface area contributed by atoms with E-state index in [1.807, 2.05) is 16.7 Å². The number of rotatable bonds is 3. The first-order valence-electron chi connectivity index (χ1n) is 5.98. The highest BCUT2D eigenvalue weighted by atomic mass is 32.2. The molecule has 19 heavy (non-hydrogen) atoms. The number of Topliss-reactive ketones (excluding diaryl/α,β-unsaturated/α-hetero) is 1. The first kappa shape index (κ1) is 14.3. The normalized spacial score (nSPS) is 18.4. The zero-order valence-corrected chi connectivity index (χ0v) is 12.8. The molecule has 0 amide bonds. The molecule has 5 nitrogen and oxygen atoms in total. The molecule has 2 rings (SSSR count). The molecule has 104 valence electrons. The van der Waals surface area contributed by atoms with Crippen molar-refractivity contribution in [2.75, 3.05) is 23.7 Å². The summed E-state index contributed by atoms with van der Waals surface area (Å²) in [6.45, 7) is 7.25. The van der Waals surface area contributed by atoms with Gasteiger partial charge in [-0.2, -0.15) is 11.8 Å². The van der Waals surface area contributed by atoms with Crippen LogP contribution in [0.5, 0.6) is 0 Å². The number of nitro groups is 1. The standard InChI is InChI=1S/C12H16N2O3S2/c1-8(15)10-6-9(14(16)17)11(19-10)13-4-5-18-12(2,3)7-13/h6H,4-5,7H2,1-3H3. The molecule has 0 radical (unpaired) electrons. The largest absolute Gasteiger partial charge is 0.356 e. The van der Waals surface area contributed by atoms with Gasteiger partial charge in [-0.25, -0.2) is 0 Å². The predicted molar refractivity (Wildman–Crippen MR) is 79.7 cm³/mol. The Labute approximate surface area is 120 Å². The first-order valence-corrected chi connectivity index (χ1v) is 7.78. The lowest BCUT2D eigenvalue weighted by Gasteiger charge is -2.37. The van der Waals surface area contributed by atoms with Crippen molar-refractivity contribution in [3.8, 4) is 0 Å². The van der Waals surface area contributed by atoms with Gasteiger partial charge in [-0.3, -0.25) is 14.9 Å². The average molecular weight is 300 g/mol. The van der Waals surface area contributed by atoms with Crippen molar-refractivity contribution in [1.29, 1.82) is 0 Å². The quantitative estimate of drug-likeness (QED) is 0.487. The van der Waals surface area contributed by atoms with Crippen LogP contribution in [0.25, 0.3) is 0 Å². The van der Waals surface area contributed by atoms with E-state index in [1.165, 1.54) is 24.3 Å². The van der Waals surface area contributed by atoms with Gasteiger partial charge in [0.15, 0.2) is 10.8 Å². The Morgan fingerprint density at radius 3 is 2.74 bits per heavy atom. The fraction of sp³-hybridized carbons (Fsp3) is 0.583. The Hall–Kier alpha value is -1.08. The highest BCUT2D eigenvalue weighted by Gasteiger charge is 2.32. The Balaban J connectivity index is 2.37. The molecule has 0 unspecified atom stereocenters. The number of carbonyl (C=O) groups excluding carboxylic acids is 1. The van der Waals surface area contributed by atoms with Crippen LogP contribution in [0.15, 0.2) is 6.07 Å². The van der Waals surface area contributed by atoms with E-state index in [0.717, 1.165) is 18.8 Å². The number of carbonyl (C=O) groups is 1. The third kappa shape index (κ3) is 3.09. The molecule has 7 heteroatoms. The van der Waals surface area contributed by atoms with E-state index >= 15 is 0 Å². The fourth-order valence-electron chi connectivity index (χ4n) is 2.09. The monoisotopic (exact) mass is 300 g/mol. The van der Waals surface area contributed by atoms with Gasteiger partial charge in [0.1, 0.15) is 0 Å². The molecular formula is C12H16N2O3S2. The highest BCUT2D eigenvalue weighted by molar-refractivity contribution is 8.00. The molecule has 0 spiro atoms. The minimum absolute atomic E-state index is 0.0536. The van der Waals surface area contributed by atoms with Gasteiger partial charge in [-0.05, 0) is 20.8 Å². The summed E-state index contributed by atoms with van der Waals surface area (Å²) in [4.78, 5) is 24.6. The van der Waals surface area contributed by atoms with Gasteiger partial charge in [0.25, 0.3) is 0 Å². The van der Waals surface area contributed by atoms with Gasteiger partial charge in [-0.15, -0.1) is 11.3 Å². The minimum Gasteiger partial charge on any atom is -0.356 e. The first-order chi connectivity index (χ1) is 8.80. The number of thioether (sulfide) groups is 1. The Morgan fingerprint density at radius 1 is 1.53 bits per heavy atom. The van der Waals surface area contributed by atoms with Crippen LogP contribution in [-0.4, -0.2) is 34.3 Å². The average Bonchev–Trinajstić information content (AvgIpc) is 2.72. The lowest BCUT2D eigenvalue weighted by Crippen LogP contribution is -2.43. The van der Waals surface area contributed by atoms with Crippen LogP contribution in [-0.2, 0) is 0 Å². The van der Waals surface area contributed by atoms with Crippen LogP contribution in [0.2, 0.25) is 0 Å². The summed E-state index contributed by atoms with van der Waals surface area (Å²) < 4.78 is 0.0759. The molecule has 1 aliphatic rings. The molecular weight excluding hydrogens is 284 g/mol. The van der Waals surface area contributed by atoms with Crippen molar-refractivity contribution in [1.82, 2.24) is 0 Å². The maximum Gasteiger partial charge on any atom is 0.304 e. The second kappa shape index (κ2) is 5.13. The van der Waals surface area contributed by atoms with E-state index in [4.69, 9.17) is 0 Å². The molecule has 1 saturated heterocycles. The third-order valence-corrected chi connectivity index (χ3v) is 5.53. The van der Waals surface area contributed by atoms with Crippen LogP contribution in [0, 0.1) is 10.1 Å². The molecule has 0 bridgehead atoms. The SMILES string of the molecule is CC(=O)c1cc([N+](=O)[O-])c(N2CCSC(C)(C)C2)s1. The molecule has 1 aromatic rings. The maximum atomic E-state index is 11.4. The summed E-state index contributed by atoms with van der Waals surface area (Å²) in [6, 6.07) is 1.40. The van der Waals surface area contributed by atoms with E-state index < -0.39 is 4.92 Å². The van der Waals surface area contributed by atoms with Crippen molar-refractivity contribution in [2.45, 2.75) is 25.5 Å². The van der Waals surface area contributed by atoms with Crippen molar-refractivity contribution in [3.63, 3.8) is 0 Å². The van der Waals surface area contributed by atoms with Crippen molar-refractivity contribution < 1.29 is 9.72 Å². The summed E-state index contributed by atoms with van der Waals surface area (Å²) in [5.74, 6) is 0.822. The summed E-state index contributed by atoms with van der Waals surface area (Å²) >= 11 is 3.10. The van der Waals surface area contributed by atoms with Gasteiger partial charge >= 0.3 is 5.69 Å². The lowest BCUT2D eigenvalue weighted by atomic mass is 10.2. The molecule has 0 aliphatic carbocycles. The zero-order chi connectivity index (χ0) is 14.2. The van der Waals surface area contributed by atoms with E-state index in [-0.39, 0.29) is 16.2 Å². The molecule has 0 atom stereocenters. The number of nitrogens with zero attached hydrogens (tertiary/aromatic N) is 2. The van der Waals surface area contributed by atoms with Crippen molar-refractivity contribution >= 4 is 39.6 Å². The molecule has 1 fully saturated rings. The summed E-state index contributed by atoms with van der Waals surface area (Å²) in [5.41, 5.74) is 0.0536. The smallest absolute Gasteiger partial charge is 0.304 e. The van der Waals surface area contributed by atoms with Gasteiger partial charge in [-0.1, -0.05) is 0 Å². The summed E-state index contributed by atoms with van der Waals surface area (Å²) in [7, 11) is 0. The Bertz CT molecular complexity index is 525. The molecule has 0 saturated carbocycles. The molecule has 1 aromatic heterocycles. The number of thiophene rings is 1. The van der Waals surface area contributed by atoms with E-state index in [9.17, 15) is 14.9 Å². The van der Waals surface area contributed by atoms with E-state index in [0.29, 0.717) is 9.88 Å². The minimum atomic E-state index is -0.396. The second-order valence-electron chi connectivity index (χ2n) is 5.14.